The first kappa shape index (κ1) is 17.8. The maximum absolute atomic E-state index is 12.5. The van der Waals surface area contributed by atoms with Gasteiger partial charge in [-0.1, -0.05) is 0 Å². The average molecular weight is 348 g/mol. The molecule has 1 N–H and O–H groups in total. The predicted octanol–water partition coefficient (Wildman–Crippen LogP) is 2.52. The lowest BCUT2D eigenvalue weighted by molar-refractivity contribution is 0.0274. The van der Waals surface area contributed by atoms with Crippen molar-refractivity contribution < 1.29 is 14.3 Å². The smallest absolute Gasteiger partial charge is 0.410 e. The molecule has 2 saturated heterocycles. The van der Waals surface area contributed by atoms with Gasteiger partial charge in [0.15, 0.2) is 0 Å². The lowest BCUT2D eigenvalue weighted by atomic mass is 9.85. The van der Waals surface area contributed by atoms with Crippen molar-refractivity contribution in [1.82, 2.24) is 20.0 Å². The van der Waals surface area contributed by atoms with Crippen LogP contribution in [-0.2, 0) is 4.74 Å². The van der Waals surface area contributed by atoms with Crippen LogP contribution in [0.25, 0.3) is 0 Å². The molecule has 0 bridgehead atoms. The minimum Gasteiger partial charge on any atom is -0.444 e. The highest BCUT2D eigenvalue weighted by molar-refractivity contribution is 5.92. The Kier molecular flexibility index (Phi) is 5.01. The van der Waals surface area contributed by atoms with Crippen molar-refractivity contribution in [2.45, 2.75) is 45.6 Å². The number of rotatable bonds is 2. The number of H-pyrrole nitrogens is 1. The van der Waals surface area contributed by atoms with E-state index in [1.807, 2.05) is 30.6 Å². The topological polar surface area (TPSA) is 78.5 Å². The van der Waals surface area contributed by atoms with Gasteiger partial charge in [-0.15, -0.1) is 0 Å². The van der Waals surface area contributed by atoms with E-state index in [0.29, 0.717) is 17.5 Å². The number of likely N-dealkylation sites (tertiary alicyclic amines) is 2. The summed E-state index contributed by atoms with van der Waals surface area (Å²) in [5, 5.41) is 6.61. The van der Waals surface area contributed by atoms with E-state index < -0.39 is 5.60 Å². The zero-order valence-corrected chi connectivity index (χ0v) is 15.3. The molecule has 0 aromatic carbocycles. The predicted molar refractivity (Wildman–Crippen MR) is 93.1 cm³/mol. The minimum absolute atomic E-state index is 0.0178. The van der Waals surface area contributed by atoms with E-state index in [2.05, 4.69) is 10.2 Å². The first-order valence-electron chi connectivity index (χ1n) is 9.10. The van der Waals surface area contributed by atoms with Crippen LogP contribution in [0.5, 0.6) is 0 Å². The summed E-state index contributed by atoms with van der Waals surface area (Å²) < 4.78 is 5.48. The summed E-state index contributed by atoms with van der Waals surface area (Å²) in [5.74, 6) is 0.891. The average Bonchev–Trinajstić information content (AvgIpc) is 3.24. The number of piperidine rings is 1. The zero-order valence-electron chi connectivity index (χ0n) is 15.3. The Labute approximate surface area is 148 Å². The highest BCUT2D eigenvalue weighted by atomic mass is 16.6. The molecule has 2 atom stereocenters. The number of ether oxygens (including phenoxy) is 1. The van der Waals surface area contributed by atoms with Crippen LogP contribution in [-0.4, -0.2) is 63.8 Å². The lowest BCUT2D eigenvalue weighted by Gasteiger charge is -2.35. The largest absolute Gasteiger partial charge is 0.444 e. The van der Waals surface area contributed by atoms with Crippen molar-refractivity contribution in [3.8, 4) is 0 Å². The fourth-order valence-corrected chi connectivity index (χ4v) is 3.79. The Hall–Kier alpha value is -2.05. The summed E-state index contributed by atoms with van der Waals surface area (Å²) in [6.07, 6.45) is 4.48. The number of aromatic nitrogens is 2. The van der Waals surface area contributed by atoms with Crippen molar-refractivity contribution in [2.75, 3.05) is 26.2 Å². The van der Waals surface area contributed by atoms with Crippen LogP contribution in [0.4, 0.5) is 4.79 Å². The summed E-state index contributed by atoms with van der Waals surface area (Å²) in [7, 11) is 0. The Bertz CT molecular complexity index is 608. The number of nitrogens with one attached hydrogen (secondary N) is 1. The summed E-state index contributed by atoms with van der Waals surface area (Å²) in [6, 6.07) is 1.71. The van der Waals surface area contributed by atoms with Gasteiger partial charge in [-0.2, -0.15) is 5.10 Å². The molecule has 2 aliphatic rings. The molecule has 7 nitrogen and oxygen atoms in total. The SMILES string of the molecule is CC(C)(C)OC(=O)N1CC[C@@H]([C@@H]2CCCN(C(=O)c3ccn[nH]3)C2)C1. The zero-order chi connectivity index (χ0) is 18.0. The summed E-state index contributed by atoms with van der Waals surface area (Å²) in [5.41, 5.74) is 0.0790. The number of nitrogens with zero attached hydrogens (tertiary/aromatic N) is 3. The second-order valence-electron chi connectivity index (χ2n) is 8.10. The molecule has 0 spiro atoms. The van der Waals surface area contributed by atoms with Gasteiger partial charge in [0.25, 0.3) is 5.91 Å². The standard InChI is InChI=1S/C18H28N4O3/c1-18(2,3)25-17(24)22-10-7-14(12-22)13-5-4-9-21(11-13)16(23)15-6-8-19-20-15/h6,8,13-14H,4-5,7,9-12H2,1-3H3,(H,19,20)/t13-,14-/m1/s1. The second-order valence-corrected chi connectivity index (χ2v) is 8.10. The molecule has 0 unspecified atom stereocenters. The quantitative estimate of drug-likeness (QED) is 0.891. The van der Waals surface area contributed by atoms with Crippen molar-refractivity contribution in [3.63, 3.8) is 0 Å². The molecule has 138 valence electrons. The second kappa shape index (κ2) is 7.06. The molecule has 0 aliphatic carbocycles. The fraction of sp³-hybridized carbons (Fsp3) is 0.722. The maximum atomic E-state index is 12.5. The van der Waals surface area contributed by atoms with Crippen LogP contribution in [0, 0.1) is 11.8 Å². The summed E-state index contributed by atoms with van der Waals surface area (Å²) >= 11 is 0. The van der Waals surface area contributed by atoms with Crippen molar-refractivity contribution >= 4 is 12.0 Å². The highest BCUT2D eigenvalue weighted by Gasteiger charge is 2.36. The van der Waals surface area contributed by atoms with Gasteiger partial charge in [0.05, 0.1) is 0 Å². The first-order chi connectivity index (χ1) is 11.8. The summed E-state index contributed by atoms with van der Waals surface area (Å²) in [4.78, 5) is 28.5. The number of carbonyl (C=O) groups excluding carboxylic acids is 2. The monoisotopic (exact) mass is 348 g/mol. The van der Waals surface area contributed by atoms with Crippen molar-refractivity contribution in [3.05, 3.63) is 18.0 Å². The van der Waals surface area contributed by atoms with Crippen molar-refractivity contribution in [2.24, 2.45) is 11.8 Å². The molecule has 25 heavy (non-hydrogen) atoms. The maximum Gasteiger partial charge on any atom is 0.410 e. The molecule has 3 rings (SSSR count). The van der Waals surface area contributed by atoms with Gasteiger partial charge in [-0.05, 0) is 57.9 Å². The third kappa shape index (κ3) is 4.32. The van der Waals surface area contributed by atoms with E-state index in [4.69, 9.17) is 4.74 Å². The van der Waals surface area contributed by atoms with E-state index in [1.54, 1.807) is 12.3 Å². The van der Waals surface area contributed by atoms with Crippen LogP contribution in [0.2, 0.25) is 0 Å². The van der Waals surface area contributed by atoms with Crippen LogP contribution < -0.4 is 0 Å². The molecule has 0 saturated carbocycles. The highest BCUT2D eigenvalue weighted by Crippen LogP contribution is 2.32. The molecular formula is C18H28N4O3. The van der Waals surface area contributed by atoms with Crippen LogP contribution >= 0.6 is 0 Å². The Balaban J connectivity index is 1.56. The molecule has 2 aliphatic heterocycles. The van der Waals surface area contributed by atoms with Gasteiger partial charge < -0.3 is 14.5 Å². The van der Waals surface area contributed by atoms with Gasteiger partial charge >= 0.3 is 6.09 Å². The Morgan fingerprint density at radius 2 is 1.88 bits per heavy atom. The van der Waals surface area contributed by atoms with Gasteiger partial charge in [-0.3, -0.25) is 9.89 Å². The molecule has 2 fully saturated rings. The van der Waals surface area contributed by atoms with E-state index in [9.17, 15) is 9.59 Å². The number of hydrogen-bond acceptors (Lipinski definition) is 4. The molecule has 7 heteroatoms. The molecule has 3 heterocycles. The molecule has 1 aromatic heterocycles. The molecular weight excluding hydrogens is 320 g/mol. The third-order valence-electron chi connectivity index (χ3n) is 5.02. The van der Waals surface area contributed by atoms with Crippen LogP contribution in [0.3, 0.4) is 0 Å². The van der Waals surface area contributed by atoms with Gasteiger partial charge in [0.1, 0.15) is 11.3 Å². The van der Waals surface area contributed by atoms with Gasteiger partial charge in [-0.25, -0.2) is 4.79 Å². The number of carbonyl (C=O) groups is 2. The molecule has 0 radical (unpaired) electrons. The number of amides is 2. The van der Waals surface area contributed by atoms with Crippen LogP contribution in [0.15, 0.2) is 12.3 Å². The van der Waals surface area contributed by atoms with Crippen molar-refractivity contribution in [1.29, 1.82) is 0 Å². The first-order valence-corrected chi connectivity index (χ1v) is 9.10. The van der Waals surface area contributed by atoms with Crippen LogP contribution in [0.1, 0.15) is 50.5 Å². The van der Waals surface area contributed by atoms with Gasteiger partial charge in [0.2, 0.25) is 0 Å². The lowest BCUT2D eigenvalue weighted by Crippen LogP contribution is -2.43. The number of hydrogen-bond donors (Lipinski definition) is 1. The Morgan fingerprint density at radius 3 is 2.56 bits per heavy atom. The fourth-order valence-electron chi connectivity index (χ4n) is 3.79. The van der Waals surface area contributed by atoms with Gasteiger partial charge in [0, 0.05) is 32.4 Å². The minimum atomic E-state index is -0.465. The Morgan fingerprint density at radius 1 is 1.16 bits per heavy atom. The number of aromatic amines is 1. The molecule has 2 amide bonds. The summed E-state index contributed by atoms with van der Waals surface area (Å²) in [6.45, 7) is 8.67. The van der Waals surface area contributed by atoms with E-state index >= 15 is 0 Å². The third-order valence-corrected chi connectivity index (χ3v) is 5.02. The van der Waals surface area contributed by atoms with E-state index in [1.165, 1.54) is 0 Å². The normalized spacial score (nSPS) is 24.4. The van der Waals surface area contributed by atoms with E-state index in [-0.39, 0.29) is 12.0 Å². The molecule has 1 aromatic rings. The van der Waals surface area contributed by atoms with E-state index in [0.717, 1.165) is 45.4 Å².